The van der Waals surface area contributed by atoms with E-state index < -0.39 is 22.2 Å². The number of benzene rings is 1. The monoisotopic (exact) mass is 410 g/mol. The van der Waals surface area contributed by atoms with Crippen LogP contribution in [-0.2, 0) is 19.6 Å². The fraction of sp³-hybridized carbons (Fsp3) is 0.562. The minimum absolute atomic E-state index is 0.0346. The van der Waals surface area contributed by atoms with E-state index in [-0.39, 0.29) is 18.0 Å². The van der Waals surface area contributed by atoms with Crippen molar-refractivity contribution in [3.05, 3.63) is 30.3 Å². The Kier molecular flexibility index (Phi) is 6.51. The quantitative estimate of drug-likeness (QED) is 0.808. The van der Waals surface area contributed by atoms with Crippen LogP contribution < -0.4 is 0 Å². The van der Waals surface area contributed by atoms with Gasteiger partial charge in [-0.05, 0) is 26.2 Å². The standard InChI is InChI=1S/C14H20N2O3S.C2HF3O2/c1-15(2)13-8-16(14-10-19-9-12(13)14)20(17,18)11-6-4-3-5-7-11;3-2(4,5)1(6)7/h3-7,12-14H,8-10H2,1-2H3;(H,6,7)/t12-,13-,14-;/m1./s1. The zero-order valence-corrected chi connectivity index (χ0v) is 15.6. The summed E-state index contributed by atoms with van der Waals surface area (Å²) in [6.07, 6.45) is -5.08. The van der Waals surface area contributed by atoms with Crippen molar-refractivity contribution in [3.8, 4) is 0 Å². The number of nitrogens with zero attached hydrogens (tertiary/aromatic N) is 2. The molecule has 11 heteroatoms. The van der Waals surface area contributed by atoms with Crippen LogP contribution in [0.3, 0.4) is 0 Å². The highest BCUT2D eigenvalue weighted by Crippen LogP contribution is 2.36. The fourth-order valence-electron chi connectivity index (χ4n) is 3.23. The smallest absolute Gasteiger partial charge is 0.475 e. The molecule has 0 unspecified atom stereocenters. The highest BCUT2D eigenvalue weighted by atomic mass is 32.2. The molecule has 2 saturated heterocycles. The number of alkyl halides is 3. The lowest BCUT2D eigenvalue weighted by molar-refractivity contribution is -0.192. The van der Waals surface area contributed by atoms with Gasteiger partial charge in [0.15, 0.2) is 0 Å². The Morgan fingerprint density at radius 1 is 1.22 bits per heavy atom. The topological polar surface area (TPSA) is 87.2 Å². The molecule has 0 amide bonds. The van der Waals surface area contributed by atoms with E-state index in [2.05, 4.69) is 4.90 Å². The molecule has 7 nitrogen and oxygen atoms in total. The summed E-state index contributed by atoms with van der Waals surface area (Å²) in [5.74, 6) is -2.49. The number of sulfonamides is 1. The normalized spacial score (nSPS) is 25.8. The average molecular weight is 410 g/mol. The molecular weight excluding hydrogens is 389 g/mol. The molecule has 2 heterocycles. The van der Waals surface area contributed by atoms with Gasteiger partial charge in [0.25, 0.3) is 0 Å². The van der Waals surface area contributed by atoms with Gasteiger partial charge < -0.3 is 14.7 Å². The van der Waals surface area contributed by atoms with Gasteiger partial charge in [-0.15, -0.1) is 0 Å². The summed E-state index contributed by atoms with van der Waals surface area (Å²) in [5.41, 5.74) is 0. The number of rotatable bonds is 3. The molecule has 2 aliphatic heterocycles. The van der Waals surface area contributed by atoms with Crippen LogP contribution in [0.1, 0.15) is 0 Å². The van der Waals surface area contributed by atoms with Gasteiger partial charge in [0.1, 0.15) is 0 Å². The van der Waals surface area contributed by atoms with Crippen molar-refractivity contribution in [2.75, 3.05) is 33.9 Å². The van der Waals surface area contributed by atoms with Crippen LogP contribution >= 0.6 is 0 Å². The van der Waals surface area contributed by atoms with Crippen molar-refractivity contribution in [1.29, 1.82) is 0 Å². The Labute approximate surface area is 155 Å². The Morgan fingerprint density at radius 2 is 1.78 bits per heavy atom. The summed E-state index contributed by atoms with van der Waals surface area (Å²) in [5, 5.41) is 7.12. The number of carbonyl (C=O) groups is 1. The molecule has 0 aromatic heterocycles. The molecule has 27 heavy (non-hydrogen) atoms. The minimum Gasteiger partial charge on any atom is -0.475 e. The highest BCUT2D eigenvalue weighted by Gasteiger charge is 2.50. The maximum atomic E-state index is 12.8. The molecular formula is C16H21F3N2O5S. The third-order valence-corrected chi connectivity index (χ3v) is 6.49. The largest absolute Gasteiger partial charge is 0.490 e. The van der Waals surface area contributed by atoms with Crippen LogP contribution in [0.15, 0.2) is 35.2 Å². The van der Waals surface area contributed by atoms with E-state index in [1.54, 1.807) is 28.6 Å². The van der Waals surface area contributed by atoms with Crippen LogP contribution in [-0.4, -0.2) is 80.8 Å². The molecule has 2 fully saturated rings. The molecule has 0 bridgehead atoms. The van der Waals surface area contributed by atoms with Crippen molar-refractivity contribution in [2.45, 2.75) is 23.2 Å². The summed E-state index contributed by atoms with van der Waals surface area (Å²) < 4.78 is 64.5. The molecule has 1 aromatic rings. The average Bonchev–Trinajstić information content (AvgIpc) is 3.17. The minimum atomic E-state index is -5.08. The number of aliphatic carboxylic acids is 1. The van der Waals surface area contributed by atoms with Crippen LogP contribution in [0, 0.1) is 5.92 Å². The number of ether oxygens (including phenoxy) is 1. The molecule has 0 radical (unpaired) electrons. The first kappa shape index (κ1) is 21.6. The molecule has 152 valence electrons. The van der Waals surface area contributed by atoms with Crippen LogP contribution in [0.4, 0.5) is 13.2 Å². The van der Waals surface area contributed by atoms with Gasteiger partial charge in [0, 0.05) is 18.5 Å². The summed E-state index contributed by atoms with van der Waals surface area (Å²) in [7, 11) is 0.565. The first-order valence-electron chi connectivity index (χ1n) is 8.07. The molecule has 2 aliphatic rings. The number of halogens is 3. The van der Waals surface area contributed by atoms with E-state index in [9.17, 15) is 21.6 Å². The lowest BCUT2D eigenvalue weighted by Crippen LogP contribution is -2.38. The first-order valence-corrected chi connectivity index (χ1v) is 9.51. The van der Waals surface area contributed by atoms with Gasteiger partial charge in [-0.2, -0.15) is 17.5 Å². The zero-order valence-electron chi connectivity index (χ0n) is 14.8. The number of carboxylic acid groups (broad SMARTS) is 1. The van der Waals surface area contributed by atoms with Gasteiger partial charge in [-0.1, -0.05) is 18.2 Å². The number of hydrogen-bond donors (Lipinski definition) is 1. The summed E-state index contributed by atoms with van der Waals surface area (Å²) in [4.78, 5) is 11.4. The van der Waals surface area contributed by atoms with E-state index in [1.165, 1.54) is 0 Å². The van der Waals surface area contributed by atoms with Gasteiger partial charge in [0.2, 0.25) is 10.0 Å². The van der Waals surface area contributed by atoms with E-state index >= 15 is 0 Å². The molecule has 3 atom stereocenters. The molecule has 1 aromatic carbocycles. The maximum Gasteiger partial charge on any atom is 0.490 e. The molecule has 0 spiro atoms. The van der Waals surface area contributed by atoms with Crippen LogP contribution in [0.2, 0.25) is 0 Å². The molecule has 3 rings (SSSR count). The lowest BCUT2D eigenvalue weighted by atomic mass is 9.99. The van der Waals surface area contributed by atoms with Crippen molar-refractivity contribution in [1.82, 2.24) is 9.21 Å². The first-order chi connectivity index (χ1) is 12.5. The Balaban J connectivity index is 0.000000321. The van der Waals surface area contributed by atoms with E-state index in [4.69, 9.17) is 14.6 Å². The van der Waals surface area contributed by atoms with Gasteiger partial charge in [0.05, 0.1) is 24.2 Å². The van der Waals surface area contributed by atoms with E-state index in [0.29, 0.717) is 24.7 Å². The highest BCUT2D eigenvalue weighted by molar-refractivity contribution is 7.89. The van der Waals surface area contributed by atoms with Crippen LogP contribution in [0.25, 0.3) is 0 Å². The second-order valence-corrected chi connectivity index (χ2v) is 8.38. The van der Waals surface area contributed by atoms with Crippen molar-refractivity contribution in [2.24, 2.45) is 5.92 Å². The molecule has 0 aliphatic carbocycles. The SMILES string of the molecule is CN(C)[C@@H]1CN(S(=O)(=O)c2ccccc2)[C@@H]2COC[C@H]12.O=C(O)C(F)(F)F. The fourth-order valence-corrected chi connectivity index (χ4v) is 4.92. The van der Waals surface area contributed by atoms with Crippen molar-refractivity contribution >= 4 is 16.0 Å². The Morgan fingerprint density at radius 3 is 2.26 bits per heavy atom. The van der Waals surface area contributed by atoms with Gasteiger partial charge in [-0.25, -0.2) is 13.2 Å². The summed E-state index contributed by atoms with van der Waals surface area (Å²) in [6, 6.07) is 8.84. The predicted molar refractivity (Wildman–Crippen MR) is 89.6 cm³/mol. The zero-order chi connectivity index (χ0) is 20.4. The Bertz CT molecular complexity index is 755. The van der Waals surface area contributed by atoms with Crippen LogP contribution in [0.5, 0.6) is 0 Å². The molecule has 0 saturated carbocycles. The predicted octanol–water partition coefficient (Wildman–Crippen LogP) is 1.27. The lowest BCUT2D eigenvalue weighted by Gasteiger charge is -2.23. The Hall–Kier alpha value is -1.69. The van der Waals surface area contributed by atoms with Gasteiger partial charge >= 0.3 is 12.1 Å². The van der Waals surface area contributed by atoms with E-state index in [0.717, 1.165) is 0 Å². The summed E-state index contributed by atoms with van der Waals surface area (Å²) >= 11 is 0. The third kappa shape index (κ3) is 4.78. The number of hydrogen-bond acceptors (Lipinski definition) is 5. The molecule has 1 N–H and O–H groups in total. The maximum absolute atomic E-state index is 12.8. The van der Waals surface area contributed by atoms with Crippen molar-refractivity contribution in [3.63, 3.8) is 0 Å². The number of fused-ring (bicyclic) bond motifs is 1. The second kappa shape index (κ2) is 8.13. The third-order valence-electron chi connectivity index (χ3n) is 4.58. The van der Waals surface area contributed by atoms with Gasteiger partial charge in [-0.3, -0.25) is 0 Å². The van der Waals surface area contributed by atoms with E-state index in [1.807, 2.05) is 20.2 Å². The number of likely N-dealkylation sites (N-methyl/N-ethyl adjacent to an activating group) is 1. The van der Waals surface area contributed by atoms with Crippen molar-refractivity contribution < 1.29 is 36.2 Å². The number of carboxylic acids is 1. The summed E-state index contributed by atoms with van der Waals surface area (Å²) in [6.45, 7) is 1.69. The second-order valence-electron chi connectivity index (χ2n) is 6.49.